The highest BCUT2D eigenvalue weighted by Crippen LogP contribution is 2.22. The Labute approximate surface area is 172 Å². The van der Waals surface area contributed by atoms with E-state index >= 15 is 0 Å². The minimum absolute atomic E-state index is 0.818. The van der Waals surface area contributed by atoms with Gasteiger partial charge in [-0.25, -0.2) is 9.97 Å². The van der Waals surface area contributed by atoms with Crippen LogP contribution in [0, 0.1) is 6.92 Å². The summed E-state index contributed by atoms with van der Waals surface area (Å²) in [6.07, 6.45) is 4.65. The first-order valence-electron chi connectivity index (χ1n) is 10.2. The second-order valence-electron chi connectivity index (χ2n) is 7.47. The molecular weight excluding hydrogens is 360 g/mol. The van der Waals surface area contributed by atoms with Gasteiger partial charge in [0.2, 0.25) is 0 Å². The van der Waals surface area contributed by atoms with Crippen molar-refractivity contribution in [1.29, 1.82) is 0 Å². The maximum absolute atomic E-state index is 4.72. The topological polar surface area (TPSA) is 48.4 Å². The number of aromatic nitrogens is 3. The average molecular weight is 389 g/mol. The molecule has 2 aromatic heterocycles. The van der Waals surface area contributed by atoms with Gasteiger partial charge in [-0.05, 0) is 43.2 Å². The summed E-state index contributed by atoms with van der Waals surface area (Å²) in [5, 5.41) is 0. The zero-order valence-corrected chi connectivity index (χ0v) is 17.2. The molecule has 29 heavy (non-hydrogen) atoms. The summed E-state index contributed by atoms with van der Waals surface area (Å²) in [6.45, 7) is 6.81. The molecule has 0 spiro atoms. The molecule has 1 fully saturated rings. The van der Waals surface area contributed by atoms with Crippen molar-refractivity contribution in [3.8, 4) is 0 Å². The number of likely N-dealkylation sites (N-methyl/N-ethyl adjacent to an activating group) is 1. The third kappa shape index (κ3) is 4.83. The van der Waals surface area contributed by atoms with Gasteiger partial charge in [0.05, 0.1) is 0 Å². The number of anilines is 3. The Morgan fingerprint density at radius 1 is 0.897 bits per heavy atom. The van der Waals surface area contributed by atoms with Gasteiger partial charge in [-0.2, -0.15) is 0 Å². The van der Waals surface area contributed by atoms with E-state index in [0.717, 1.165) is 56.6 Å². The molecule has 3 aromatic rings. The van der Waals surface area contributed by atoms with Crippen LogP contribution in [-0.2, 0) is 6.42 Å². The van der Waals surface area contributed by atoms with E-state index in [9.17, 15) is 0 Å². The summed E-state index contributed by atoms with van der Waals surface area (Å²) < 4.78 is 0. The van der Waals surface area contributed by atoms with Crippen molar-refractivity contribution in [2.24, 2.45) is 0 Å². The van der Waals surface area contributed by atoms with Gasteiger partial charge >= 0.3 is 0 Å². The predicted molar refractivity (Wildman–Crippen MR) is 119 cm³/mol. The fourth-order valence-corrected chi connectivity index (χ4v) is 3.69. The molecule has 3 heterocycles. The smallest absolute Gasteiger partial charge is 0.134 e. The maximum atomic E-state index is 4.72. The largest absolute Gasteiger partial charge is 0.368 e. The third-order valence-electron chi connectivity index (χ3n) is 5.41. The van der Waals surface area contributed by atoms with Crippen molar-refractivity contribution in [3.05, 3.63) is 72.3 Å². The molecule has 0 unspecified atom stereocenters. The van der Waals surface area contributed by atoms with Crippen LogP contribution in [0.1, 0.15) is 11.4 Å². The van der Waals surface area contributed by atoms with Gasteiger partial charge in [0.15, 0.2) is 0 Å². The van der Waals surface area contributed by atoms with Crippen LogP contribution >= 0.6 is 0 Å². The molecule has 0 N–H and O–H groups in total. The first kappa shape index (κ1) is 19.2. The molecule has 150 valence electrons. The van der Waals surface area contributed by atoms with E-state index in [-0.39, 0.29) is 0 Å². The van der Waals surface area contributed by atoms with Gasteiger partial charge in [-0.1, -0.05) is 18.2 Å². The van der Waals surface area contributed by atoms with Gasteiger partial charge in [0.1, 0.15) is 17.5 Å². The monoisotopic (exact) mass is 388 g/mol. The highest BCUT2D eigenvalue weighted by molar-refractivity contribution is 5.53. The highest BCUT2D eigenvalue weighted by Gasteiger charge is 2.19. The molecule has 6 heteroatoms. The zero-order valence-electron chi connectivity index (χ0n) is 17.2. The predicted octanol–water partition coefficient (Wildman–Crippen LogP) is 3.19. The molecular formula is C23H28N6. The normalized spacial score (nSPS) is 14.1. The number of piperazine rings is 1. The lowest BCUT2D eigenvalue weighted by Gasteiger charge is -2.37. The second kappa shape index (κ2) is 8.90. The molecule has 0 saturated carbocycles. The zero-order chi connectivity index (χ0) is 20.1. The van der Waals surface area contributed by atoms with Crippen LogP contribution in [0.5, 0.6) is 0 Å². The molecule has 0 amide bonds. The Morgan fingerprint density at radius 2 is 1.59 bits per heavy atom. The van der Waals surface area contributed by atoms with E-state index in [1.54, 1.807) is 0 Å². The number of benzene rings is 1. The molecule has 6 nitrogen and oxygen atoms in total. The lowest BCUT2D eigenvalue weighted by molar-refractivity contribution is 0.645. The number of para-hydroxylation sites is 1. The molecule has 0 radical (unpaired) electrons. The summed E-state index contributed by atoms with van der Waals surface area (Å²) >= 11 is 0. The number of aryl methyl sites for hydroxylation is 1. The molecule has 1 saturated heterocycles. The molecule has 1 aromatic carbocycles. The lowest BCUT2D eigenvalue weighted by atomic mass is 10.2. The Morgan fingerprint density at radius 3 is 2.31 bits per heavy atom. The number of hydrogen-bond acceptors (Lipinski definition) is 6. The Bertz CT molecular complexity index is 907. The molecule has 0 bridgehead atoms. The van der Waals surface area contributed by atoms with Crippen LogP contribution in [0.15, 0.2) is 60.9 Å². The number of hydrogen-bond donors (Lipinski definition) is 0. The Kier molecular flexibility index (Phi) is 5.89. The fraction of sp³-hybridized carbons (Fsp3) is 0.348. The SMILES string of the molecule is Cc1nc(N(C)CCc2ccncc2)cc(N2CCN(c3ccccc3)CC2)n1. The van der Waals surface area contributed by atoms with Crippen LogP contribution in [0.3, 0.4) is 0 Å². The summed E-state index contributed by atoms with van der Waals surface area (Å²) in [5.41, 5.74) is 2.58. The second-order valence-corrected chi connectivity index (χ2v) is 7.47. The summed E-state index contributed by atoms with van der Waals surface area (Å²) in [4.78, 5) is 20.5. The van der Waals surface area contributed by atoms with Crippen LogP contribution in [0.25, 0.3) is 0 Å². The molecule has 4 rings (SSSR count). The van der Waals surface area contributed by atoms with Crippen molar-refractivity contribution in [2.45, 2.75) is 13.3 Å². The highest BCUT2D eigenvalue weighted by atomic mass is 15.3. The van der Waals surface area contributed by atoms with Crippen molar-refractivity contribution in [1.82, 2.24) is 15.0 Å². The van der Waals surface area contributed by atoms with E-state index in [1.807, 2.05) is 19.3 Å². The fourth-order valence-electron chi connectivity index (χ4n) is 3.69. The molecule has 1 aliphatic heterocycles. The first-order chi connectivity index (χ1) is 14.2. The first-order valence-corrected chi connectivity index (χ1v) is 10.2. The van der Waals surface area contributed by atoms with Crippen LogP contribution in [-0.4, -0.2) is 54.7 Å². The van der Waals surface area contributed by atoms with Crippen molar-refractivity contribution < 1.29 is 0 Å². The standard InChI is InChI=1S/C23H28N6/c1-19-25-22(27(2)13-10-20-8-11-24-12-9-20)18-23(26-19)29-16-14-28(15-17-29)21-6-4-3-5-7-21/h3-9,11-12,18H,10,13-17H2,1-2H3. The third-order valence-corrected chi connectivity index (χ3v) is 5.41. The Hall–Kier alpha value is -3.15. The molecule has 0 atom stereocenters. The van der Waals surface area contributed by atoms with E-state index < -0.39 is 0 Å². The maximum Gasteiger partial charge on any atom is 0.134 e. The quantitative estimate of drug-likeness (QED) is 0.646. The van der Waals surface area contributed by atoms with E-state index in [0.29, 0.717) is 0 Å². The molecule has 0 aliphatic carbocycles. The van der Waals surface area contributed by atoms with Gasteiger partial charge in [-0.15, -0.1) is 0 Å². The number of nitrogens with zero attached hydrogens (tertiary/aromatic N) is 6. The van der Waals surface area contributed by atoms with Crippen LogP contribution < -0.4 is 14.7 Å². The Balaban J connectivity index is 1.40. The van der Waals surface area contributed by atoms with E-state index in [1.165, 1.54) is 11.3 Å². The van der Waals surface area contributed by atoms with Crippen LogP contribution in [0.4, 0.5) is 17.3 Å². The van der Waals surface area contributed by atoms with Crippen molar-refractivity contribution >= 4 is 17.3 Å². The van der Waals surface area contributed by atoms with Crippen molar-refractivity contribution in [2.75, 3.05) is 54.5 Å². The van der Waals surface area contributed by atoms with Crippen molar-refractivity contribution in [3.63, 3.8) is 0 Å². The lowest BCUT2D eigenvalue weighted by Crippen LogP contribution is -2.47. The van der Waals surface area contributed by atoms with E-state index in [4.69, 9.17) is 4.98 Å². The van der Waals surface area contributed by atoms with Gasteiger partial charge in [-0.3, -0.25) is 4.98 Å². The molecule has 1 aliphatic rings. The minimum Gasteiger partial charge on any atom is -0.368 e. The van der Waals surface area contributed by atoms with E-state index in [2.05, 4.69) is 80.2 Å². The summed E-state index contributed by atoms with van der Waals surface area (Å²) in [7, 11) is 2.10. The summed E-state index contributed by atoms with van der Waals surface area (Å²) in [5.74, 6) is 2.82. The van der Waals surface area contributed by atoms with Gasteiger partial charge < -0.3 is 14.7 Å². The van der Waals surface area contributed by atoms with Gasteiger partial charge in [0.25, 0.3) is 0 Å². The summed E-state index contributed by atoms with van der Waals surface area (Å²) in [6, 6.07) is 16.9. The number of rotatable bonds is 6. The van der Waals surface area contributed by atoms with Gasteiger partial charge in [0, 0.05) is 63.9 Å². The van der Waals surface area contributed by atoms with Crippen LogP contribution in [0.2, 0.25) is 0 Å². The number of pyridine rings is 1. The minimum atomic E-state index is 0.818. The average Bonchev–Trinajstić information content (AvgIpc) is 2.78.